The van der Waals surface area contributed by atoms with Crippen LogP contribution in [0.25, 0.3) is 0 Å². The fraction of sp³-hybridized carbons (Fsp3) is 1.00. The van der Waals surface area contributed by atoms with Crippen molar-refractivity contribution in [2.75, 3.05) is 13.2 Å². The molecule has 86 valence electrons. The molecule has 0 aliphatic heterocycles. The highest BCUT2D eigenvalue weighted by atomic mass is 16.3. The first-order valence-electron chi connectivity index (χ1n) is 5.77. The van der Waals surface area contributed by atoms with E-state index in [-0.39, 0.29) is 12.0 Å². The average Bonchev–Trinajstić information content (AvgIpc) is 2.13. The predicted octanol–water partition coefficient (Wildman–Crippen LogP) is 2.42. The smallest absolute Gasteiger partial charge is 0.0496 e. The molecule has 0 bridgehead atoms. The molecule has 0 radical (unpaired) electrons. The van der Waals surface area contributed by atoms with Gasteiger partial charge in [-0.2, -0.15) is 0 Å². The van der Waals surface area contributed by atoms with Crippen LogP contribution in [0.1, 0.15) is 47.5 Å². The molecule has 0 aliphatic carbocycles. The van der Waals surface area contributed by atoms with Crippen LogP contribution in [-0.4, -0.2) is 24.3 Å². The summed E-state index contributed by atoms with van der Waals surface area (Å²) in [7, 11) is 0. The van der Waals surface area contributed by atoms with E-state index in [9.17, 15) is 5.11 Å². The van der Waals surface area contributed by atoms with Gasteiger partial charge in [0.2, 0.25) is 0 Å². The molecular weight excluding hydrogens is 174 g/mol. The molecule has 0 spiro atoms. The van der Waals surface area contributed by atoms with Crippen LogP contribution in [0.3, 0.4) is 0 Å². The Bertz CT molecular complexity index is 141. The van der Waals surface area contributed by atoms with E-state index in [0.29, 0.717) is 6.04 Å². The van der Waals surface area contributed by atoms with Crippen molar-refractivity contribution >= 4 is 0 Å². The van der Waals surface area contributed by atoms with Gasteiger partial charge in [0.15, 0.2) is 0 Å². The summed E-state index contributed by atoms with van der Waals surface area (Å²) in [5.74, 6) is 0.736. The summed E-state index contributed by atoms with van der Waals surface area (Å²) in [5, 5.41) is 12.7. The first-order valence-corrected chi connectivity index (χ1v) is 5.77. The monoisotopic (exact) mass is 201 g/mol. The van der Waals surface area contributed by atoms with Gasteiger partial charge in [0.1, 0.15) is 0 Å². The second-order valence-electron chi connectivity index (χ2n) is 5.23. The molecule has 0 aliphatic rings. The minimum Gasteiger partial charge on any atom is -0.396 e. The van der Waals surface area contributed by atoms with Crippen LogP contribution in [0, 0.1) is 11.3 Å². The Balaban J connectivity index is 3.79. The van der Waals surface area contributed by atoms with Crippen molar-refractivity contribution in [3.8, 4) is 0 Å². The van der Waals surface area contributed by atoms with Gasteiger partial charge in [-0.05, 0) is 25.7 Å². The molecule has 0 heterocycles. The highest BCUT2D eigenvalue weighted by Gasteiger charge is 2.21. The van der Waals surface area contributed by atoms with Crippen LogP contribution >= 0.6 is 0 Å². The van der Waals surface area contributed by atoms with Gasteiger partial charge in [-0.3, -0.25) is 0 Å². The number of aliphatic hydroxyl groups excluding tert-OH is 1. The van der Waals surface area contributed by atoms with Gasteiger partial charge in [0, 0.05) is 24.6 Å². The molecule has 0 aromatic rings. The van der Waals surface area contributed by atoms with Crippen LogP contribution in [0.2, 0.25) is 0 Å². The van der Waals surface area contributed by atoms with E-state index in [1.165, 1.54) is 6.42 Å². The zero-order chi connectivity index (χ0) is 11.2. The first-order chi connectivity index (χ1) is 6.43. The lowest BCUT2D eigenvalue weighted by Crippen LogP contribution is -2.39. The molecule has 0 fully saturated rings. The molecule has 2 nitrogen and oxygen atoms in total. The molecule has 0 aromatic heterocycles. The van der Waals surface area contributed by atoms with Crippen molar-refractivity contribution in [3.63, 3.8) is 0 Å². The van der Waals surface area contributed by atoms with E-state index in [4.69, 9.17) is 0 Å². The minimum atomic E-state index is 0.0469. The van der Waals surface area contributed by atoms with Crippen LogP contribution < -0.4 is 5.32 Å². The standard InChI is InChI=1S/C12H27NO/c1-6-12(5,9-14)8-13-11(4)7-10(2)3/h10-11,13-14H,6-9H2,1-5H3. The molecule has 2 N–H and O–H groups in total. The number of hydrogen-bond donors (Lipinski definition) is 2. The maximum Gasteiger partial charge on any atom is 0.0496 e. The maximum atomic E-state index is 9.24. The van der Waals surface area contributed by atoms with E-state index >= 15 is 0 Å². The zero-order valence-electron chi connectivity index (χ0n) is 10.4. The average molecular weight is 201 g/mol. The number of hydrogen-bond acceptors (Lipinski definition) is 2. The highest BCUT2D eigenvalue weighted by Crippen LogP contribution is 2.19. The second kappa shape index (κ2) is 6.41. The Morgan fingerprint density at radius 1 is 1.29 bits per heavy atom. The number of aliphatic hydroxyl groups is 1. The van der Waals surface area contributed by atoms with Crippen LogP contribution in [0.15, 0.2) is 0 Å². The summed E-state index contributed by atoms with van der Waals surface area (Å²) in [6, 6.07) is 0.549. The summed E-state index contributed by atoms with van der Waals surface area (Å²) >= 11 is 0. The van der Waals surface area contributed by atoms with E-state index in [1.807, 2.05) is 0 Å². The van der Waals surface area contributed by atoms with Gasteiger partial charge < -0.3 is 10.4 Å². The van der Waals surface area contributed by atoms with Gasteiger partial charge in [-0.15, -0.1) is 0 Å². The Kier molecular flexibility index (Phi) is 6.38. The van der Waals surface area contributed by atoms with Crippen LogP contribution in [-0.2, 0) is 0 Å². The SMILES string of the molecule is CCC(C)(CO)CNC(C)CC(C)C. The lowest BCUT2D eigenvalue weighted by Gasteiger charge is -2.28. The van der Waals surface area contributed by atoms with E-state index in [2.05, 4.69) is 39.9 Å². The second-order valence-corrected chi connectivity index (χ2v) is 5.23. The van der Waals surface area contributed by atoms with Gasteiger partial charge >= 0.3 is 0 Å². The van der Waals surface area contributed by atoms with Crippen LogP contribution in [0.4, 0.5) is 0 Å². The molecule has 0 rings (SSSR count). The Hall–Kier alpha value is -0.0800. The van der Waals surface area contributed by atoms with Gasteiger partial charge in [0.05, 0.1) is 0 Å². The van der Waals surface area contributed by atoms with E-state index < -0.39 is 0 Å². The molecule has 2 heteroatoms. The lowest BCUT2D eigenvalue weighted by atomic mass is 9.88. The number of nitrogens with one attached hydrogen (secondary N) is 1. The third kappa shape index (κ3) is 5.61. The van der Waals surface area contributed by atoms with Crippen molar-refractivity contribution in [1.29, 1.82) is 0 Å². The Morgan fingerprint density at radius 2 is 1.86 bits per heavy atom. The van der Waals surface area contributed by atoms with Gasteiger partial charge in [-0.1, -0.05) is 27.7 Å². The molecule has 0 amide bonds. The van der Waals surface area contributed by atoms with Crippen molar-refractivity contribution in [1.82, 2.24) is 5.32 Å². The van der Waals surface area contributed by atoms with E-state index in [0.717, 1.165) is 18.9 Å². The fourth-order valence-corrected chi connectivity index (χ4v) is 1.50. The molecule has 2 unspecified atom stereocenters. The Morgan fingerprint density at radius 3 is 2.21 bits per heavy atom. The fourth-order valence-electron chi connectivity index (χ4n) is 1.50. The predicted molar refractivity (Wildman–Crippen MR) is 62.4 cm³/mol. The van der Waals surface area contributed by atoms with Gasteiger partial charge in [-0.25, -0.2) is 0 Å². The van der Waals surface area contributed by atoms with Crippen molar-refractivity contribution < 1.29 is 5.11 Å². The highest BCUT2D eigenvalue weighted by molar-refractivity contribution is 4.76. The first kappa shape index (κ1) is 13.9. The summed E-state index contributed by atoms with van der Waals surface area (Å²) in [4.78, 5) is 0. The summed E-state index contributed by atoms with van der Waals surface area (Å²) < 4.78 is 0. The topological polar surface area (TPSA) is 32.3 Å². The molecule has 0 aromatic carbocycles. The Labute approximate surface area is 89.1 Å². The molecule has 2 atom stereocenters. The lowest BCUT2D eigenvalue weighted by molar-refractivity contribution is 0.131. The van der Waals surface area contributed by atoms with Gasteiger partial charge in [0.25, 0.3) is 0 Å². The van der Waals surface area contributed by atoms with Crippen molar-refractivity contribution in [2.45, 2.75) is 53.5 Å². The zero-order valence-corrected chi connectivity index (χ0v) is 10.4. The summed E-state index contributed by atoms with van der Waals surface area (Å²) in [6.45, 7) is 12.1. The van der Waals surface area contributed by atoms with E-state index in [1.54, 1.807) is 0 Å². The molecule has 0 saturated heterocycles. The quantitative estimate of drug-likeness (QED) is 0.663. The third-order valence-corrected chi connectivity index (χ3v) is 2.94. The molecule has 14 heavy (non-hydrogen) atoms. The largest absolute Gasteiger partial charge is 0.396 e. The van der Waals surface area contributed by atoms with Crippen molar-refractivity contribution in [3.05, 3.63) is 0 Å². The molecule has 0 saturated carbocycles. The van der Waals surface area contributed by atoms with Crippen LogP contribution in [0.5, 0.6) is 0 Å². The third-order valence-electron chi connectivity index (χ3n) is 2.94. The maximum absolute atomic E-state index is 9.24. The molecular formula is C12H27NO. The summed E-state index contributed by atoms with van der Waals surface area (Å²) in [6.07, 6.45) is 2.22. The normalized spacial score (nSPS) is 18.2. The summed E-state index contributed by atoms with van der Waals surface area (Å²) in [5.41, 5.74) is 0.0469. The number of rotatable bonds is 7. The van der Waals surface area contributed by atoms with Crippen molar-refractivity contribution in [2.24, 2.45) is 11.3 Å². The minimum absolute atomic E-state index is 0.0469.